The van der Waals surface area contributed by atoms with Crippen LogP contribution >= 0.6 is 0 Å². The van der Waals surface area contributed by atoms with Gasteiger partial charge in [0.15, 0.2) is 0 Å². The Morgan fingerprint density at radius 1 is 1.38 bits per heavy atom. The molecule has 1 rings (SSSR count). The molecule has 0 saturated heterocycles. The standard InChI is InChI=1S/C12H23N3O/c1-15(2)10-9-14-12(16)13-8-7-11-5-3-4-6-11/h7-8,11H,3-6,9-10H2,1-2H3,(H2,13,14,16)/b8-7+. The highest BCUT2D eigenvalue weighted by atomic mass is 16.2. The number of nitrogens with one attached hydrogen (secondary N) is 2. The highest BCUT2D eigenvalue weighted by Gasteiger charge is 2.10. The van der Waals surface area contributed by atoms with Crippen LogP contribution in [0.4, 0.5) is 4.79 Å². The third-order valence-electron chi connectivity index (χ3n) is 2.83. The molecule has 0 heterocycles. The lowest BCUT2D eigenvalue weighted by Crippen LogP contribution is -2.36. The van der Waals surface area contributed by atoms with Crippen LogP contribution in [0.25, 0.3) is 0 Å². The van der Waals surface area contributed by atoms with Crippen molar-refractivity contribution in [2.24, 2.45) is 5.92 Å². The van der Waals surface area contributed by atoms with Crippen molar-refractivity contribution in [3.05, 3.63) is 12.3 Å². The number of hydrogen-bond donors (Lipinski definition) is 2. The minimum Gasteiger partial charge on any atom is -0.337 e. The van der Waals surface area contributed by atoms with E-state index >= 15 is 0 Å². The first-order valence-corrected chi connectivity index (χ1v) is 6.04. The normalized spacial score (nSPS) is 17.2. The summed E-state index contributed by atoms with van der Waals surface area (Å²) in [6.45, 7) is 1.54. The summed E-state index contributed by atoms with van der Waals surface area (Å²) < 4.78 is 0. The van der Waals surface area contributed by atoms with Gasteiger partial charge in [0.25, 0.3) is 0 Å². The van der Waals surface area contributed by atoms with E-state index in [0.29, 0.717) is 12.5 Å². The van der Waals surface area contributed by atoms with E-state index in [-0.39, 0.29) is 6.03 Å². The summed E-state index contributed by atoms with van der Waals surface area (Å²) in [4.78, 5) is 13.3. The Hall–Kier alpha value is -1.03. The predicted octanol–water partition coefficient (Wildman–Crippen LogP) is 1.55. The number of likely N-dealkylation sites (N-methyl/N-ethyl adjacent to an activating group) is 1. The highest BCUT2D eigenvalue weighted by Crippen LogP contribution is 2.25. The average molecular weight is 225 g/mol. The first-order chi connectivity index (χ1) is 7.68. The van der Waals surface area contributed by atoms with Gasteiger partial charge in [0.1, 0.15) is 0 Å². The van der Waals surface area contributed by atoms with Crippen molar-refractivity contribution in [1.82, 2.24) is 15.5 Å². The van der Waals surface area contributed by atoms with E-state index in [0.717, 1.165) is 6.54 Å². The molecule has 0 atom stereocenters. The zero-order chi connectivity index (χ0) is 11.8. The number of amides is 2. The molecule has 0 aliphatic heterocycles. The van der Waals surface area contributed by atoms with E-state index in [4.69, 9.17) is 0 Å². The van der Waals surface area contributed by atoms with Gasteiger partial charge in [-0.25, -0.2) is 4.79 Å². The van der Waals surface area contributed by atoms with Crippen LogP contribution in [0.5, 0.6) is 0 Å². The summed E-state index contributed by atoms with van der Waals surface area (Å²) in [6, 6.07) is -0.115. The van der Waals surface area contributed by atoms with Gasteiger partial charge in [-0.05, 0) is 32.9 Å². The molecular weight excluding hydrogens is 202 g/mol. The Labute approximate surface area is 98.1 Å². The minimum atomic E-state index is -0.115. The summed E-state index contributed by atoms with van der Waals surface area (Å²) in [5, 5.41) is 5.53. The molecule has 2 N–H and O–H groups in total. The largest absolute Gasteiger partial charge is 0.337 e. The van der Waals surface area contributed by atoms with E-state index in [2.05, 4.69) is 16.7 Å². The predicted molar refractivity (Wildman–Crippen MR) is 66.2 cm³/mol. The molecule has 4 nitrogen and oxygen atoms in total. The number of urea groups is 1. The molecule has 16 heavy (non-hydrogen) atoms. The van der Waals surface area contributed by atoms with Crippen LogP contribution in [-0.2, 0) is 0 Å². The summed E-state index contributed by atoms with van der Waals surface area (Å²) in [5.41, 5.74) is 0. The molecule has 1 saturated carbocycles. The maximum Gasteiger partial charge on any atom is 0.318 e. The Morgan fingerprint density at radius 2 is 2.06 bits per heavy atom. The molecule has 0 aromatic carbocycles. The zero-order valence-corrected chi connectivity index (χ0v) is 10.3. The maximum absolute atomic E-state index is 11.3. The lowest BCUT2D eigenvalue weighted by molar-refractivity contribution is 0.242. The van der Waals surface area contributed by atoms with E-state index in [1.54, 1.807) is 6.20 Å². The molecule has 0 radical (unpaired) electrons. The van der Waals surface area contributed by atoms with Crippen molar-refractivity contribution in [2.45, 2.75) is 25.7 Å². The summed E-state index contributed by atoms with van der Waals surface area (Å²) in [5.74, 6) is 0.669. The van der Waals surface area contributed by atoms with Crippen molar-refractivity contribution in [3.8, 4) is 0 Å². The highest BCUT2D eigenvalue weighted by molar-refractivity contribution is 5.74. The second kappa shape index (κ2) is 7.28. The fourth-order valence-electron chi connectivity index (χ4n) is 1.85. The topological polar surface area (TPSA) is 44.4 Å². The second-order valence-corrected chi connectivity index (χ2v) is 4.61. The number of allylic oxidation sites excluding steroid dienone is 1. The van der Waals surface area contributed by atoms with Crippen LogP contribution in [0.3, 0.4) is 0 Å². The Kier molecular flexibility index (Phi) is 5.93. The van der Waals surface area contributed by atoms with Gasteiger partial charge in [0, 0.05) is 19.3 Å². The van der Waals surface area contributed by atoms with E-state index < -0.39 is 0 Å². The van der Waals surface area contributed by atoms with Gasteiger partial charge in [-0.3, -0.25) is 0 Å². The summed E-state index contributed by atoms with van der Waals surface area (Å²) >= 11 is 0. The molecule has 2 amide bonds. The van der Waals surface area contributed by atoms with Gasteiger partial charge in [-0.1, -0.05) is 18.9 Å². The molecule has 92 valence electrons. The van der Waals surface area contributed by atoms with E-state index in [9.17, 15) is 4.79 Å². The Bertz CT molecular complexity index is 232. The number of carbonyl (C=O) groups excluding carboxylic acids is 1. The van der Waals surface area contributed by atoms with Crippen LogP contribution in [0.15, 0.2) is 12.3 Å². The van der Waals surface area contributed by atoms with E-state index in [1.807, 2.05) is 19.0 Å². The number of hydrogen-bond acceptors (Lipinski definition) is 2. The molecule has 0 aromatic heterocycles. The molecule has 1 aliphatic carbocycles. The molecule has 0 unspecified atom stereocenters. The smallest absolute Gasteiger partial charge is 0.318 e. The van der Waals surface area contributed by atoms with Gasteiger partial charge in [0.2, 0.25) is 0 Å². The molecular formula is C12H23N3O. The maximum atomic E-state index is 11.3. The monoisotopic (exact) mass is 225 g/mol. The zero-order valence-electron chi connectivity index (χ0n) is 10.3. The number of rotatable bonds is 5. The first kappa shape index (κ1) is 13.0. The van der Waals surface area contributed by atoms with Crippen molar-refractivity contribution in [3.63, 3.8) is 0 Å². The Balaban J connectivity index is 2.05. The quantitative estimate of drug-likeness (QED) is 0.745. The SMILES string of the molecule is CN(C)CCNC(=O)N/C=C/C1CCCC1. The van der Waals surface area contributed by atoms with Gasteiger partial charge in [-0.2, -0.15) is 0 Å². The van der Waals surface area contributed by atoms with Gasteiger partial charge >= 0.3 is 6.03 Å². The number of nitrogens with zero attached hydrogens (tertiary/aromatic N) is 1. The van der Waals surface area contributed by atoms with Gasteiger partial charge in [0.05, 0.1) is 0 Å². The van der Waals surface area contributed by atoms with Crippen LogP contribution in [0.2, 0.25) is 0 Å². The van der Waals surface area contributed by atoms with Crippen molar-refractivity contribution in [2.75, 3.05) is 27.2 Å². The molecule has 0 bridgehead atoms. The van der Waals surface area contributed by atoms with Crippen molar-refractivity contribution in [1.29, 1.82) is 0 Å². The molecule has 1 aliphatic rings. The second-order valence-electron chi connectivity index (χ2n) is 4.61. The fourth-order valence-corrected chi connectivity index (χ4v) is 1.85. The lowest BCUT2D eigenvalue weighted by Gasteiger charge is -2.10. The first-order valence-electron chi connectivity index (χ1n) is 6.04. The van der Waals surface area contributed by atoms with Crippen molar-refractivity contribution >= 4 is 6.03 Å². The van der Waals surface area contributed by atoms with Crippen LogP contribution in [0.1, 0.15) is 25.7 Å². The lowest BCUT2D eigenvalue weighted by atomic mass is 10.1. The van der Waals surface area contributed by atoms with Crippen LogP contribution in [-0.4, -0.2) is 38.1 Å². The Morgan fingerprint density at radius 3 is 2.69 bits per heavy atom. The van der Waals surface area contributed by atoms with Crippen molar-refractivity contribution < 1.29 is 4.79 Å². The minimum absolute atomic E-state index is 0.115. The summed E-state index contributed by atoms with van der Waals surface area (Å²) in [7, 11) is 3.97. The van der Waals surface area contributed by atoms with Crippen LogP contribution in [0, 0.1) is 5.92 Å². The molecule has 1 fully saturated rings. The molecule has 4 heteroatoms. The van der Waals surface area contributed by atoms with E-state index in [1.165, 1.54) is 25.7 Å². The average Bonchev–Trinajstić information content (AvgIpc) is 2.70. The molecule has 0 spiro atoms. The fraction of sp³-hybridized carbons (Fsp3) is 0.750. The summed E-state index contributed by atoms with van der Waals surface area (Å²) in [6.07, 6.45) is 9.06. The third kappa shape index (κ3) is 5.75. The van der Waals surface area contributed by atoms with Gasteiger partial charge in [-0.15, -0.1) is 0 Å². The van der Waals surface area contributed by atoms with Crippen LogP contribution < -0.4 is 10.6 Å². The number of carbonyl (C=O) groups is 1. The molecule has 0 aromatic rings. The van der Waals surface area contributed by atoms with Gasteiger partial charge < -0.3 is 15.5 Å². The third-order valence-corrected chi connectivity index (χ3v) is 2.83.